The topological polar surface area (TPSA) is 74.1 Å². The molecule has 0 radical (unpaired) electrons. The van der Waals surface area contributed by atoms with Crippen LogP contribution in [0.25, 0.3) is 0 Å². The summed E-state index contributed by atoms with van der Waals surface area (Å²) in [7, 11) is 2.09. The highest BCUT2D eigenvalue weighted by Gasteiger charge is 2.51. The number of rotatable bonds is 2. The molecule has 0 spiro atoms. The minimum atomic E-state index is -1.19. The molecular weight excluding hydrogens is 260 g/mol. The molecule has 0 saturated carbocycles. The first-order valence-corrected chi connectivity index (χ1v) is 6.72. The molecule has 20 heavy (non-hydrogen) atoms. The van der Waals surface area contributed by atoms with Crippen molar-refractivity contribution in [3.63, 3.8) is 0 Å². The Morgan fingerprint density at radius 1 is 1.20 bits per heavy atom. The summed E-state index contributed by atoms with van der Waals surface area (Å²) in [6.45, 7) is 3.17. The summed E-state index contributed by atoms with van der Waals surface area (Å²) in [5.41, 5.74) is 0. The fraction of sp³-hybridized carbons (Fsp3) is 0.714. The van der Waals surface area contributed by atoms with Gasteiger partial charge in [-0.15, -0.1) is 0 Å². The van der Waals surface area contributed by atoms with Gasteiger partial charge in [-0.2, -0.15) is 0 Å². The third kappa shape index (κ3) is 2.33. The Balaban J connectivity index is 0.00000147. The van der Waals surface area contributed by atoms with Crippen LogP contribution in [-0.2, 0) is 14.3 Å². The number of carboxylic acid groups (broad SMARTS) is 1. The smallest absolute Gasteiger partial charge is 0.229 e. The van der Waals surface area contributed by atoms with E-state index in [-0.39, 0.29) is 13.3 Å². The molecule has 1 N–H and O–H groups in total. The lowest BCUT2D eigenvalue weighted by Crippen LogP contribution is -3.12. The highest BCUT2D eigenvalue weighted by atomic mass is 16.5. The maximum absolute atomic E-state index is 12.5. The number of quaternary nitrogens is 1. The Morgan fingerprint density at radius 2 is 1.75 bits per heavy atom. The minimum Gasteiger partial charge on any atom is -0.550 e. The van der Waals surface area contributed by atoms with Crippen molar-refractivity contribution in [1.82, 2.24) is 4.90 Å². The van der Waals surface area contributed by atoms with Crippen LogP contribution in [0, 0.1) is 11.8 Å². The van der Waals surface area contributed by atoms with E-state index in [9.17, 15) is 14.7 Å². The molecule has 2 fully saturated rings. The Kier molecular flexibility index (Phi) is 4.15. The molecule has 3 rings (SSSR count). The van der Waals surface area contributed by atoms with Crippen LogP contribution in [0.3, 0.4) is 0 Å². The number of hydrogen-bond donors (Lipinski definition) is 1. The van der Waals surface area contributed by atoms with Gasteiger partial charge in [-0.3, -0.25) is 4.79 Å². The molecule has 0 aromatic carbocycles. The molecule has 6 heteroatoms. The normalized spacial score (nSPS) is 36.0. The van der Waals surface area contributed by atoms with E-state index in [4.69, 9.17) is 4.74 Å². The molecule has 6 nitrogen and oxygen atoms in total. The molecule has 3 heterocycles. The Hall–Kier alpha value is -1.40. The molecule has 0 aromatic rings. The van der Waals surface area contributed by atoms with E-state index < -0.39 is 30.0 Å². The Labute approximate surface area is 119 Å². The lowest BCUT2D eigenvalue weighted by molar-refractivity contribution is -0.883. The minimum absolute atomic E-state index is 0. The average Bonchev–Trinajstić information content (AvgIpc) is 2.98. The van der Waals surface area contributed by atoms with Crippen LogP contribution in [-0.4, -0.2) is 62.2 Å². The fourth-order valence-corrected chi connectivity index (χ4v) is 3.20. The summed E-state index contributed by atoms with van der Waals surface area (Å²) in [5, 5.41) is 11.2. The van der Waals surface area contributed by atoms with Crippen LogP contribution in [0.4, 0.5) is 0 Å². The first kappa shape index (κ1) is 15.0. The van der Waals surface area contributed by atoms with Crippen LogP contribution in [0.15, 0.2) is 12.2 Å². The Bertz CT molecular complexity index is 429. The number of nitrogens with one attached hydrogen (secondary N) is 1. The van der Waals surface area contributed by atoms with Crippen molar-refractivity contribution in [2.24, 2.45) is 11.8 Å². The van der Waals surface area contributed by atoms with E-state index in [1.54, 1.807) is 17.1 Å². The van der Waals surface area contributed by atoms with E-state index in [1.165, 1.54) is 4.90 Å². The third-order valence-corrected chi connectivity index (χ3v) is 4.39. The van der Waals surface area contributed by atoms with Gasteiger partial charge < -0.3 is 24.4 Å². The number of nitrogens with zero attached hydrogens (tertiary/aromatic N) is 1. The first-order chi connectivity index (χ1) is 9.08. The van der Waals surface area contributed by atoms with Gasteiger partial charge in [-0.25, -0.2) is 0 Å². The summed E-state index contributed by atoms with van der Waals surface area (Å²) in [6.07, 6.45) is 2.63. The SMILES string of the molecule is C.C[NH+]1CCN(C(=O)C2C(C(=O)[O-])[C@H]3C=C[C@@H]2O3)CC1. The molecule has 112 valence electrons. The van der Waals surface area contributed by atoms with E-state index >= 15 is 0 Å². The van der Waals surface area contributed by atoms with Crippen LogP contribution in [0.1, 0.15) is 7.43 Å². The van der Waals surface area contributed by atoms with Crippen molar-refractivity contribution in [1.29, 1.82) is 0 Å². The summed E-state index contributed by atoms with van der Waals surface area (Å²) < 4.78 is 5.51. The van der Waals surface area contributed by atoms with E-state index in [2.05, 4.69) is 7.05 Å². The Morgan fingerprint density at radius 3 is 2.30 bits per heavy atom. The van der Waals surface area contributed by atoms with Gasteiger partial charge >= 0.3 is 0 Å². The van der Waals surface area contributed by atoms with Crippen LogP contribution in [0.2, 0.25) is 0 Å². The largest absolute Gasteiger partial charge is 0.550 e. The monoisotopic (exact) mass is 282 g/mol. The van der Waals surface area contributed by atoms with Gasteiger partial charge in [-0.1, -0.05) is 19.6 Å². The molecule has 3 aliphatic rings. The van der Waals surface area contributed by atoms with Crippen molar-refractivity contribution >= 4 is 11.9 Å². The molecule has 3 aliphatic heterocycles. The fourth-order valence-electron chi connectivity index (χ4n) is 3.20. The zero-order valence-corrected chi connectivity index (χ0v) is 10.9. The third-order valence-electron chi connectivity index (χ3n) is 4.39. The van der Waals surface area contributed by atoms with Crippen LogP contribution in [0.5, 0.6) is 0 Å². The highest BCUT2D eigenvalue weighted by molar-refractivity contribution is 5.86. The van der Waals surface area contributed by atoms with Gasteiger partial charge in [0, 0.05) is 11.9 Å². The molecule has 2 saturated heterocycles. The summed E-state index contributed by atoms with van der Waals surface area (Å²) >= 11 is 0. The number of fused-ring (bicyclic) bond motifs is 2. The number of carbonyl (C=O) groups excluding carboxylic acids is 2. The number of piperazine rings is 1. The molecule has 1 amide bonds. The van der Waals surface area contributed by atoms with Gasteiger partial charge in [0.15, 0.2) is 0 Å². The number of carboxylic acids is 1. The number of amides is 1. The maximum Gasteiger partial charge on any atom is 0.229 e. The van der Waals surface area contributed by atoms with Gasteiger partial charge in [0.1, 0.15) is 0 Å². The van der Waals surface area contributed by atoms with Crippen molar-refractivity contribution < 1.29 is 24.3 Å². The molecule has 0 aromatic heterocycles. The summed E-state index contributed by atoms with van der Waals surface area (Å²) in [5.74, 6) is -2.73. The van der Waals surface area contributed by atoms with Gasteiger partial charge in [0.2, 0.25) is 5.91 Å². The molecule has 2 bridgehead atoms. The number of aliphatic carboxylic acids is 1. The zero-order valence-electron chi connectivity index (χ0n) is 10.9. The van der Waals surface area contributed by atoms with E-state index in [0.717, 1.165) is 13.1 Å². The molecule has 0 aliphatic carbocycles. The van der Waals surface area contributed by atoms with Crippen molar-refractivity contribution in [2.45, 2.75) is 19.6 Å². The number of hydrogen-bond acceptors (Lipinski definition) is 4. The number of carbonyl (C=O) groups is 2. The van der Waals surface area contributed by atoms with E-state index in [0.29, 0.717) is 13.1 Å². The lowest BCUT2D eigenvalue weighted by Gasteiger charge is -2.34. The second-order valence-corrected chi connectivity index (χ2v) is 5.60. The quantitative estimate of drug-likeness (QED) is 0.559. The summed E-state index contributed by atoms with van der Waals surface area (Å²) in [6, 6.07) is 0. The summed E-state index contributed by atoms with van der Waals surface area (Å²) in [4.78, 5) is 26.9. The van der Waals surface area contributed by atoms with Crippen LogP contribution < -0.4 is 10.0 Å². The second kappa shape index (κ2) is 5.54. The van der Waals surface area contributed by atoms with Gasteiger partial charge in [-0.05, 0) is 0 Å². The zero-order chi connectivity index (χ0) is 13.6. The van der Waals surface area contributed by atoms with Crippen LogP contribution >= 0.6 is 0 Å². The van der Waals surface area contributed by atoms with E-state index in [1.807, 2.05) is 0 Å². The second-order valence-electron chi connectivity index (χ2n) is 5.60. The number of likely N-dealkylation sites (N-methyl/N-ethyl adjacent to an activating group) is 1. The average molecular weight is 282 g/mol. The first-order valence-electron chi connectivity index (χ1n) is 6.72. The molecule has 2 unspecified atom stereocenters. The standard InChI is InChI=1S/C13H18N2O4.CH4/c1-14-4-6-15(7-5-14)12(16)10-8-2-3-9(19-8)11(10)13(17)18;/h2-3,8-11H,4-7H2,1H3,(H,17,18);1H4/t8-,9+,10?,11?;/m0./s1. The lowest BCUT2D eigenvalue weighted by atomic mass is 9.82. The van der Waals surface area contributed by atoms with Crippen molar-refractivity contribution in [2.75, 3.05) is 33.2 Å². The van der Waals surface area contributed by atoms with Gasteiger partial charge in [0.25, 0.3) is 0 Å². The predicted molar refractivity (Wildman–Crippen MR) is 69.7 cm³/mol. The maximum atomic E-state index is 12.5. The predicted octanol–water partition coefficient (Wildman–Crippen LogP) is -2.70. The van der Waals surface area contributed by atoms with Gasteiger partial charge in [0.05, 0.1) is 51.4 Å². The highest BCUT2D eigenvalue weighted by Crippen LogP contribution is 2.39. The van der Waals surface area contributed by atoms with Crippen molar-refractivity contribution in [3.05, 3.63) is 12.2 Å². The molecular formula is C14H22N2O4. The van der Waals surface area contributed by atoms with Crippen molar-refractivity contribution in [3.8, 4) is 0 Å². The molecule has 4 atom stereocenters. The number of ether oxygens (including phenoxy) is 1.